The number of pyridine rings is 1. The number of piperidine rings is 2. The largest absolute Gasteiger partial charge is 0.495 e. The lowest BCUT2D eigenvalue weighted by atomic mass is 9.72. The van der Waals surface area contributed by atoms with E-state index >= 15 is 0 Å². The number of para-hydroxylation sites is 2. The standard InChI is InChI=1S/C23H29N3O4.ClH/c1-16-7-12-26(18-5-3-4-6-19(18)30-2)22(29)20(16)21(28)25-14-17(27)13-23(15-25)8-10-24-11-9-23;/h3-7,12,17,24,27H,8-11,13-15H2,1-2H3;1H. The van der Waals surface area contributed by atoms with Crippen LogP contribution < -0.4 is 15.6 Å². The van der Waals surface area contributed by atoms with Gasteiger partial charge >= 0.3 is 0 Å². The summed E-state index contributed by atoms with van der Waals surface area (Å²) in [6, 6.07) is 9.01. The summed E-state index contributed by atoms with van der Waals surface area (Å²) in [4.78, 5) is 28.6. The van der Waals surface area contributed by atoms with Crippen LogP contribution in [0.3, 0.4) is 0 Å². The Labute approximate surface area is 188 Å². The number of hydrogen-bond acceptors (Lipinski definition) is 5. The lowest BCUT2D eigenvalue weighted by molar-refractivity contribution is -0.0175. The highest BCUT2D eigenvalue weighted by Gasteiger charge is 2.42. The maximum absolute atomic E-state index is 13.5. The summed E-state index contributed by atoms with van der Waals surface area (Å²) in [7, 11) is 1.55. The number of benzene rings is 1. The Morgan fingerprint density at radius 1 is 1.23 bits per heavy atom. The summed E-state index contributed by atoms with van der Waals surface area (Å²) < 4.78 is 6.85. The topological polar surface area (TPSA) is 83.8 Å². The zero-order chi connectivity index (χ0) is 21.3. The molecular weight excluding hydrogens is 418 g/mol. The molecule has 1 aromatic carbocycles. The number of carbonyl (C=O) groups is 1. The van der Waals surface area contributed by atoms with Crippen molar-refractivity contribution in [3.63, 3.8) is 0 Å². The molecule has 0 bridgehead atoms. The third kappa shape index (κ3) is 4.49. The van der Waals surface area contributed by atoms with Gasteiger partial charge in [-0.3, -0.25) is 14.2 Å². The number of carbonyl (C=O) groups excluding carboxylic acids is 1. The molecule has 2 aliphatic heterocycles. The molecule has 1 atom stereocenters. The first kappa shape index (κ1) is 23.3. The third-order valence-electron chi connectivity index (χ3n) is 6.44. The van der Waals surface area contributed by atoms with Crippen LogP contribution in [0.5, 0.6) is 5.75 Å². The summed E-state index contributed by atoms with van der Waals surface area (Å²) in [6.07, 6.45) is 3.66. The van der Waals surface area contributed by atoms with Crippen LogP contribution >= 0.6 is 12.4 Å². The van der Waals surface area contributed by atoms with E-state index in [1.807, 2.05) is 12.1 Å². The van der Waals surface area contributed by atoms with Crippen molar-refractivity contribution in [2.75, 3.05) is 33.3 Å². The number of methoxy groups -OCH3 is 1. The molecule has 2 aromatic rings. The van der Waals surface area contributed by atoms with Crippen LogP contribution in [0.25, 0.3) is 5.69 Å². The molecule has 31 heavy (non-hydrogen) atoms. The van der Waals surface area contributed by atoms with Crippen molar-refractivity contribution in [2.24, 2.45) is 5.41 Å². The second-order valence-corrected chi connectivity index (χ2v) is 8.51. The van der Waals surface area contributed by atoms with Gasteiger partial charge in [0.25, 0.3) is 11.5 Å². The van der Waals surface area contributed by atoms with E-state index in [0.29, 0.717) is 30.0 Å². The van der Waals surface area contributed by atoms with Crippen molar-refractivity contribution >= 4 is 18.3 Å². The highest BCUT2D eigenvalue weighted by molar-refractivity contribution is 5.95. The fraction of sp³-hybridized carbons (Fsp3) is 0.478. The average molecular weight is 448 g/mol. The van der Waals surface area contributed by atoms with Crippen molar-refractivity contribution in [2.45, 2.75) is 32.3 Å². The number of hydrogen-bond donors (Lipinski definition) is 2. The second-order valence-electron chi connectivity index (χ2n) is 8.51. The fourth-order valence-electron chi connectivity index (χ4n) is 4.89. The zero-order valence-electron chi connectivity index (χ0n) is 18.0. The van der Waals surface area contributed by atoms with E-state index in [0.717, 1.165) is 25.9 Å². The number of aryl methyl sites for hydroxylation is 1. The summed E-state index contributed by atoms with van der Waals surface area (Å²) >= 11 is 0. The van der Waals surface area contributed by atoms with E-state index in [1.54, 1.807) is 43.3 Å². The van der Waals surface area contributed by atoms with Crippen LogP contribution in [0.1, 0.15) is 35.2 Å². The molecule has 2 saturated heterocycles. The van der Waals surface area contributed by atoms with E-state index in [2.05, 4.69) is 5.32 Å². The molecule has 2 N–H and O–H groups in total. The number of β-amino-alcohol motifs (C(OH)–C–C–N with tert-alkyl or cyclic N) is 1. The summed E-state index contributed by atoms with van der Waals surface area (Å²) in [5, 5.41) is 13.9. The highest BCUT2D eigenvalue weighted by atomic mass is 35.5. The molecule has 4 rings (SSSR count). The van der Waals surface area contributed by atoms with Gasteiger partial charge in [0, 0.05) is 19.3 Å². The minimum Gasteiger partial charge on any atom is -0.495 e. The van der Waals surface area contributed by atoms with Crippen LogP contribution in [0.15, 0.2) is 41.3 Å². The Morgan fingerprint density at radius 2 is 1.94 bits per heavy atom. The molecular formula is C23H30ClN3O4. The SMILES string of the molecule is COc1ccccc1-n1ccc(C)c(C(=O)N2CC(O)CC3(CCNCC3)C2)c1=O.Cl. The maximum Gasteiger partial charge on any atom is 0.268 e. The van der Waals surface area contributed by atoms with Crippen molar-refractivity contribution < 1.29 is 14.6 Å². The van der Waals surface area contributed by atoms with Gasteiger partial charge in [0.2, 0.25) is 0 Å². The van der Waals surface area contributed by atoms with Gasteiger partial charge in [0.05, 0.1) is 18.9 Å². The van der Waals surface area contributed by atoms with Gasteiger partial charge < -0.3 is 20.1 Å². The molecule has 1 unspecified atom stereocenters. The van der Waals surface area contributed by atoms with E-state index in [9.17, 15) is 14.7 Å². The predicted octanol–water partition coefficient (Wildman–Crippen LogP) is 2.15. The Morgan fingerprint density at radius 3 is 2.65 bits per heavy atom. The molecule has 0 saturated carbocycles. The van der Waals surface area contributed by atoms with Crippen molar-refractivity contribution in [3.05, 3.63) is 58.0 Å². The number of rotatable bonds is 3. The lowest BCUT2D eigenvalue weighted by Gasteiger charge is -2.47. The Bertz CT molecular complexity index is 1000. The van der Waals surface area contributed by atoms with Gasteiger partial charge in [-0.15, -0.1) is 12.4 Å². The monoisotopic (exact) mass is 447 g/mol. The molecule has 1 aromatic heterocycles. The first-order valence-electron chi connectivity index (χ1n) is 10.5. The van der Waals surface area contributed by atoms with Crippen LogP contribution in [0.2, 0.25) is 0 Å². The number of nitrogens with zero attached hydrogens (tertiary/aromatic N) is 2. The van der Waals surface area contributed by atoms with E-state index < -0.39 is 6.10 Å². The van der Waals surface area contributed by atoms with Gasteiger partial charge in [-0.25, -0.2) is 0 Å². The second kappa shape index (κ2) is 9.42. The summed E-state index contributed by atoms with van der Waals surface area (Å²) in [6.45, 7) is 4.39. The predicted molar refractivity (Wildman–Crippen MR) is 122 cm³/mol. The van der Waals surface area contributed by atoms with Gasteiger partial charge in [-0.2, -0.15) is 0 Å². The van der Waals surface area contributed by atoms with Crippen molar-refractivity contribution in [1.82, 2.24) is 14.8 Å². The van der Waals surface area contributed by atoms with E-state index in [4.69, 9.17) is 4.74 Å². The molecule has 3 heterocycles. The quantitative estimate of drug-likeness (QED) is 0.753. The first-order chi connectivity index (χ1) is 14.4. The Kier molecular flexibility index (Phi) is 7.09. The number of aliphatic hydroxyl groups is 1. The molecule has 7 nitrogen and oxygen atoms in total. The number of ether oxygens (including phenoxy) is 1. The fourth-order valence-corrected chi connectivity index (χ4v) is 4.89. The third-order valence-corrected chi connectivity index (χ3v) is 6.44. The normalized spacial score (nSPS) is 20.2. The first-order valence-corrected chi connectivity index (χ1v) is 10.5. The van der Waals surface area contributed by atoms with Crippen LogP contribution in [0.4, 0.5) is 0 Å². The molecule has 1 spiro atoms. The van der Waals surface area contributed by atoms with Crippen LogP contribution in [-0.4, -0.2) is 59.9 Å². The van der Waals surface area contributed by atoms with E-state index in [1.165, 1.54) is 4.57 Å². The number of likely N-dealkylation sites (tertiary alicyclic amines) is 1. The smallest absolute Gasteiger partial charge is 0.268 e. The number of aliphatic hydroxyl groups excluding tert-OH is 1. The van der Waals surface area contributed by atoms with Gasteiger partial charge in [0.1, 0.15) is 11.3 Å². The minimum atomic E-state index is -0.568. The zero-order valence-corrected chi connectivity index (χ0v) is 18.8. The molecule has 8 heteroatoms. The van der Waals surface area contributed by atoms with Crippen molar-refractivity contribution in [1.29, 1.82) is 0 Å². The minimum absolute atomic E-state index is 0. The molecule has 0 radical (unpaired) electrons. The molecule has 168 valence electrons. The molecule has 0 aliphatic carbocycles. The number of amides is 1. The summed E-state index contributed by atoms with van der Waals surface area (Å²) in [5.74, 6) is 0.252. The summed E-state index contributed by atoms with van der Waals surface area (Å²) in [5.41, 5.74) is 0.928. The maximum atomic E-state index is 13.5. The van der Waals surface area contributed by atoms with Gasteiger partial charge in [-0.1, -0.05) is 12.1 Å². The highest BCUT2D eigenvalue weighted by Crippen LogP contribution is 2.38. The average Bonchev–Trinajstić information content (AvgIpc) is 2.74. The molecule has 2 aliphatic rings. The number of halogens is 1. The lowest BCUT2D eigenvalue weighted by Crippen LogP contribution is -2.55. The molecule has 2 fully saturated rings. The van der Waals surface area contributed by atoms with Gasteiger partial charge in [0.15, 0.2) is 0 Å². The van der Waals surface area contributed by atoms with Crippen LogP contribution in [0, 0.1) is 12.3 Å². The number of nitrogens with one attached hydrogen (secondary N) is 1. The van der Waals surface area contributed by atoms with E-state index in [-0.39, 0.29) is 41.4 Å². The van der Waals surface area contributed by atoms with Gasteiger partial charge in [-0.05, 0) is 68.5 Å². The number of aromatic nitrogens is 1. The Hall–Kier alpha value is -2.35. The van der Waals surface area contributed by atoms with Crippen molar-refractivity contribution in [3.8, 4) is 11.4 Å². The Balaban J connectivity index is 0.00000272. The molecule has 1 amide bonds. The van der Waals surface area contributed by atoms with Crippen LogP contribution in [-0.2, 0) is 0 Å².